The minimum Gasteiger partial charge on any atom is -0.366 e. The zero-order valence-electron chi connectivity index (χ0n) is 29.0. The van der Waals surface area contributed by atoms with Crippen molar-refractivity contribution in [1.82, 2.24) is 14.9 Å². The summed E-state index contributed by atoms with van der Waals surface area (Å²) in [6.45, 7) is -12.0. The second kappa shape index (κ2) is 7.77. The molecule has 1 N–H and O–H groups in total. The van der Waals surface area contributed by atoms with Crippen LogP contribution in [-0.4, -0.2) is 33.9 Å². The van der Waals surface area contributed by atoms with Crippen LogP contribution in [0.4, 0.5) is 10.2 Å². The summed E-state index contributed by atoms with van der Waals surface area (Å²) in [7, 11) is 0. The van der Waals surface area contributed by atoms with Crippen LogP contribution < -0.4 is 5.31 Å². The van der Waals surface area contributed by atoms with E-state index in [-0.39, 0.29) is 19.9 Å². The minimum atomic E-state index is -4.10. The lowest BCUT2D eigenvalue weighted by molar-refractivity contribution is 0.211. The Morgan fingerprint density at radius 2 is 2.37 bits per heavy atom. The molecule has 1 fully saturated rings. The molecular weight excluding hydrogens is 385 g/mol. The Kier molecular flexibility index (Phi) is 2.09. The van der Waals surface area contributed by atoms with E-state index in [2.05, 4.69) is 9.97 Å². The van der Waals surface area contributed by atoms with Gasteiger partial charge in [0, 0.05) is 39.2 Å². The molecule has 2 aromatic heterocycles. The number of nitrogens with one attached hydrogen (secondary N) is 1. The molecule has 1 aromatic carbocycles. The van der Waals surface area contributed by atoms with Gasteiger partial charge < -0.3 is 5.31 Å². The monoisotopic (exact) mass is 417 g/mol. The number of aromatic nitrogens is 2. The molecule has 3 heterocycles. The summed E-state index contributed by atoms with van der Waals surface area (Å²) in [6.07, 6.45) is -9.08. The first-order valence-corrected chi connectivity index (χ1v) is 8.29. The number of likely N-dealkylation sites (tertiary alicyclic amines) is 1. The number of benzene rings is 1. The molecule has 1 aliphatic rings. The summed E-state index contributed by atoms with van der Waals surface area (Å²) in [5, 5.41) is 8.94. The van der Waals surface area contributed by atoms with E-state index in [1.807, 2.05) is 0 Å². The molecule has 1 saturated heterocycles. The lowest BCUT2D eigenvalue weighted by Crippen LogP contribution is -2.38. The van der Waals surface area contributed by atoms with Gasteiger partial charge in [0.05, 0.1) is 25.6 Å². The molecule has 27 heavy (non-hydrogen) atoms. The van der Waals surface area contributed by atoms with Gasteiger partial charge in [-0.3, -0.25) is 4.90 Å². The molecule has 0 aliphatic carbocycles. The molecular formula is C19H17ClFN5S. The van der Waals surface area contributed by atoms with Gasteiger partial charge in [-0.25, -0.2) is 14.4 Å². The number of piperidine rings is 1. The largest absolute Gasteiger partial charge is 0.366 e. The van der Waals surface area contributed by atoms with Gasteiger partial charge in [0.15, 0.2) is 1.41 Å². The van der Waals surface area contributed by atoms with E-state index in [9.17, 15) is 9.65 Å². The third-order valence-corrected chi connectivity index (χ3v) is 4.29. The van der Waals surface area contributed by atoms with E-state index in [1.54, 1.807) is 0 Å². The highest BCUT2D eigenvalue weighted by Crippen LogP contribution is 2.33. The first kappa shape index (κ1) is 7.28. The fraction of sp³-hybridized carbons (Fsp3) is 0.316. The Labute approximate surface area is 188 Å². The number of hydrogen-bond donors (Lipinski definition) is 1. The number of hydrogen-bond acceptors (Lipinski definition) is 6. The van der Waals surface area contributed by atoms with Gasteiger partial charge >= 0.3 is 0 Å². The first-order chi connectivity index (χ1) is 19.4. The lowest BCUT2D eigenvalue weighted by Gasteiger charge is -2.32. The summed E-state index contributed by atoms with van der Waals surface area (Å²) in [5.41, 5.74) is -2.68. The van der Waals surface area contributed by atoms with Crippen LogP contribution in [0.5, 0.6) is 0 Å². The summed E-state index contributed by atoms with van der Waals surface area (Å²) in [4.78, 5) is 6.74. The lowest BCUT2D eigenvalue weighted by atomic mass is 10.0. The highest BCUT2D eigenvalue weighted by atomic mass is 35.5. The maximum absolute atomic E-state index is 14.3. The van der Waals surface area contributed by atoms with Gasteiger partial charge in [-0.05, 0) is 36.4 Å². The van der Waals surface area contributed by atoms with E-state index < -0.39 is 90.3 Å². The van der Waals surface area contributed by atoms with Gasteiger partial charge in [0.25, 0.3) is 0 Å². The standard InChI is InChI=1S/C19H17ClFN5S/c20-17-8-16-18(27-17)19(24-11-23-16)25-14-3-5-26(6-4-14)10-12-1-2-15(21)13(7-12)9-22/h1-2,7-8,11,14H,3-6,10H2,(H,23,24,25)/i2D,3D2,4D2,5D2,6D2,7D,8D,10D2,11D,14D/hD. The van der Waals surface area contributed by atoms with Gasteiger partial charge in [-0.15, -0.1) is 11.3 Å². The third kappa shape index (κ3) is 4.03. The molecule has 0 atom stereocenters. The number of thiophene rings is 1. The molecule has 1 aliphatic heterocycles. The van der Waals surface area contributed by atoms with Crippen molar-refractivity contribution in [3.05, 3.63) is 51.8 Å². The number of nitrogens with zero attached hydrogens (tertiary/aromatic N) is 4. The van der Waals surface area contributed by atoms with Crippen LogP contribution in [0, 0.1) is 17.1 Å². The summed E-state index contributed by atoms with van der Waals surface area (Å²) >= 11 is 6.51. The van der Waals surface area contributed by atoms with Crippen LogP contribution in [0.1, 0.15) is 44.4 Å². The molecule has 0 saturated carbocycles. The van der Waals surface area contributed by atoms with Crippen molar-refractivity contribution in [3.63, 3.8) is 0 Å². The topological polar surface area (TPSA) is 64.8 Å². The maximum Gasteiger partial charge on any atom is 0.162 e. The fourth-order valence-corrected chi connectivity index (χ4v) is 3.00. The number of halogens is 2. The molecule has 8 heteroatoms. The highest BCUT2D eigenvalue weighted by molar-refractivity contribution is 7.23. The van der Waals surface area contributed by atoms with Crippen LogP contribution in [0.2, 0.25) is 5.75 Å². The number of nitriles is 1. The van der Waals surface area contributed by atoms with Crippen molar-refractivity contribution >= 4 is 39.0 Å². The smallest absolute Gasteiger partial charge is 0.162 e. The Morgan fingerprint density at radius 1 is 1.56 bits per heavy atom. The Hall–Kier alpha value is -2.27. The van der Waals surface area contributed by atoms with Gasteiger partial charge in [0.2, 0.25) is 0 Å². The first-order valence-electron chi connectivity index (χ1n) is 15.0. The third-order valence-electron chi connectivity index (χ3n) is 3.10. The molecule has 5 nitrogen and oxygen atoms in total. The van der Waals surface area contributed by atoms with Crippen LogP contribution in [0.15, 0.2) is 30.5 Å². The Balaban J connectivity index is 2.03. The number of rotatable bonds is 4. The quantitative estimate of drug-likeness (QED) is 0.680. The number of anilines is 1. The van der Waals surface area contributed by atoms with Crippen LogP contribution >= 0.6 is 22.9 Å². The van der Waals surface area contributed by atoms with Crippen molar-refractivity contribution in [2.45, 2.75) is 25.3 Å². The van der Waals surface area contributed by atoms with Gasteiger partial charge in [-0.1, -0.05) is 17.7 Å². The Morgan fingerprint density at radius 3 is 3.15 bits per heavy atom. The summed E-state index contributed by atoms with van der Waals surface area (Å²) in [5.74, 6) is -2.43. The summed E-state index contributed by atoms with van der Waals surface area (Å²) < 4.78 is 149. The predicted molar refractivity (Wildman–Crippen MR) is 105 cm³/mol. The normalized spacial score (nSPS) is 33.5. The average Bonchev–Trinajstić information content (AvgIpc) is 3.16. The molecule has 0 radical (unpaired) electrons. The molecule has 0 unspecified atom stereocenters. The van der Waals surface area contributed by atoms with E-state index in [4.69, 9.17) is 33.6 Å². The van der Waals surface area contributed by atoms with E-state index in [1.165, 1.54) is 6.07 Å². The van der Waals surface area contributed by atoms with E-state index >= 15 is 0 Å². The fourth-order valence-electron chi connectivity index (χ4n) is 1.98. The molecule has 0 bridgehead atoms. The van der Waals surface area contributed by atoms with Crippen LogP contribution in [0.25, 0.3) is 10.2 Å². The molecule has 0 amide bonds. The summed E-state index contributed by atoms with van der Waals surface area (Å²) in [6, 6.07) is -5.23. The molecule has 0 spiro atoms. The average molecular weight is 418 g/mol. The van der Waals surface area contributed by atoms with Crippen molar-refractivity contribution in [2.75, 3.05) is 18.3 Å². The second-order valence-corrected chi connectivity index (χ2v) is 6.46. The van der Waals surface area contributed by atoms with Crippen molar-refractivity contribution in [3.8, 4) is 6.07 Å². The van der Waals surface area contributed by atoms with Crippen LogP contribution in [-0.2, 0) is 6.50 Å². The van der Waals surface area contributed by atoms with Crippen LogP contribution in [0.3, 0.4) is 0 Å². The van der Waals surface area contributed by atoms with Crippen molar-refractivity contribution < 1.29 is 26.4 Å². The van der Waals surface area contributed by atoms with Crippen molar-refractivity contribution in [1.29, 1.82) is 5.26 Å². The Bertz CT molecular complexity index is 1680. The van der Waals surface area contributed by atoms with Crippen molar-refractivity contribution in [2.24, 2.45) is 0 Å². The number of fused-ring (bicyclic) bond motifs is 1. The van der Waals surface area contributed by atoms with E-state index in [0.29, 0.717) is 17.4 Å². The SMILES string of the molecule is [2H]c1nc(N([2H])C2([2H])C([2H])([2H])C([2H])([2H])N(C([2H])([2H])c3cc([2H])c(F)c(C#N)c3[2H])C([2H])([2H])C2([2H])[2H])c2sc(Cl)c([2H])c2n1. The second-order valence-electron chi connectivity index (χ2n) is 4.84. The highest BCUT2D eigenvalue weighted by Gasteiger charge is 2.21. The zero-order valence-corrected chi connectivity index (χ0v) is 14.6. The van der Waals surface area contributed by atoms with Gasteiger partial charge in [-0.2, -0.15) is 5.26 Å². The molecule has 138 valence electrons. The maximum atomic E-state index is 14.3. The zero-order chi connectivity index (χ0) is 33.0. The van der Waals surface area contributed by atoms with E-state index in [0.717, 1.165) is 0 Å². The molecule has 3 aromatic rings. The van der Waals surface area contributed by atoms with Gasteiger partial charge in [0.1, 0.15) is 25.4 Å². The molecule has 4 rings (SSSR count). The predicted octanol–water partition coefficient (Wildman–Crippen LogP) is 4.43. The minimum absolute atomic E-state index is 0.237.